The Hall–Kier alpha value is -3.74. The standard InChI is InChI=1S/C18H13N7/c19-16-17(24-10-22-12-5-1-3-7-14(12)24)20-9-21-18(16)25-11-23-13-6-2-4-8-15(13)25/h1-11H,19H2. The topological polar surface area (TPSA) is 87.4 Å². The Kier molecular flexibility index (Phi) is 2.81. The number of nitrogen functional groups attached to an aromatic ring is 1. The summed E-state index contributed by atoms with van der Waals surface area (Å²) in [6.45, 7) is 0. The van der Waals surface area contributed by atoms with Crippen LogP contribution in [0.15, 0.2) is 67.5 Å². The van der Waals surface area contributed by atoms with Crippen LogP contribution in [0.2, 0.25) is 0 Å². The summed E-state index contributed by atoms with van der Waals surface area (Å²) in [5, 5.41) is 0. The monoisotopic (exact) mass is 327 g/mol. The van der Waals surface area contributed by atoms with Crippen molar-refractivity contribution in [1.82, 2.24) is 29.1 Å². The zero-order chi connectivity index (χ0) is 16.8. The molecule has 0 spiro atoms. The number of imidazole rings is 2. The maximum Gasteiger partial charge on any atom is 0.167 e. The van der Waals surface area contributed by atoms with Crippen molar-refractivity contribution in [2.75, 3.05) is 5.73 Å². The lowest BCUT2D eigenvalue weighted by atomic mass is 10.3. The molecule has 0 bridgehead atoms. The maximum absolute atomic E-state index is 6.43. The van der Waals surface area contributed by atoms with Gasteiger partial charge in [0.1, 0.15) is 24.7 Å². The van der Waals surface area contributed by atoms with E-state index in [4.69, 9.17) is 5.73 Å². The van der Waals surface area contributed by atoms with Crippen molar-refractivity contribution in [2.24, 2.45) is 0 Å². The number of fused-ring (bicyclic) bond motifs is 2. The van der Waals surface area contributed by atoms with Crippen molar-refractivity contribution in [2.45, 2.75) is 0 Å². The molecule has 2 aromatic carbocycles. The number of rotatable bonds is 2. The van der Waals surface area contributed by atoms with Crippen molar-refractivity contribution in [3.8, 4) is 11.6 Å². The molecule has 7 heteroatoms. The minimum absolute atomic E-state index is 0.466. The van der Waals surface area contributed by atoms with Gasteiger partial charge in [-0.05, 0) is 24.3 Å². The summed E-state index contributed by atoms with van der Waals surface area (Å²) < 4.78 is 3.74. The first kappa shape index (κ1) is 13.7. The van der Waals surface area contributed by atoms with E-state index in [9.17, 15) is 0 Å². The third-order valence-corrected chi connectivity index (χ3v) is 4.21. The number of hydrogen-bond acceptors (Lipinski definition) is 5. The normalized spacial score (nSPS) is 11.4. The molecule has 5 rings (SSSR count). The number of hydrogen-bond donors (Lipinski definition) is 1. The number of aromatic nitrogens is 6. The largest absolute Gasteiger partial charge is 0.393 e. The number of anilines is 1. The summed E-state index contributed by atoms with van der Waals surface area (Å²) in [4.78, 5) is 17.6. The molecule has 5 aromatic rings. The van der Waals surface area contributed by atoms with Crippen molar-refractivity contribution in [3.05, 3.63) is 67.5 Å². The molecule has 120 valence electrons. The van der Waals surface area contributed by atoms with Crippen LogP contribution >= 0.6 is 0 Å². The van der Waals surface area contributed by atoms with E-state index in [1.807, 2.05) is 57.7 Å². The van der Waals surface area contributed by atoms with E-state index in [1.54, 1.807) is 12.7 Å². The molecule has 0 radical (unpaired) electrons. The van der Waals surface area contributed by atoms with E-state index in [0.717, 1.165) is 22.1 Å². The molecule has 25 heavy (non-hydrogen) atoms. The van der Waals surface area contributed by atoms with Gasteiger partial charge in [-0.1, -0.05) is 24.3 Å². The van der Waals surface area contributed by atoms with Gasteiger partial charge in [-0.2, -0.15) is 0 Å². The zero-order valence-electron chi connectivity index (χ0n) is 13.1. The molecule has 3 heterocycles. The molecule has 0 saturated heterocycles. The van der Waals surface area contributed by atoms with Crippen LogP contribution in [-0.2, 0) is 0 Å². The minimum Gasteiger partial charge on any atom is -0.393 e. The van der Waals surface area contributed by atoms with E-state index in [-0.39, 0.29) is 0 Å². The van der Waals surface area contributed by atoms with Gasteiger partial charge in [0.15, 0.2) is 11.6 Å². The van der Waals surface area contributed by atoms with Crippen LogP contribution < -0.4 is 5.73 Å². The molecule has 0 atom stereocenters. The van der Waals surface area contributed by atoms with E-state index in [0.29, 0.717) is 17.3 Å². The van der Waals surface area contributed by atoms with Crippen LogP contribution in [0.5, 0.6) is 0 Å². The van der Waals surface area contributed by atoms with Gasteiger partial charge in [-0.15, -0.1) is 0 Å². The summed E-state index contributed by atoms with van der Waals surface area (Å²) >= 11 is 0. The van der Waals surface area contributed by atoms with Gasteiger partial charge < -0.3 is 5.73 Å². The van der Waals surface area contributed by atoms with Crippen LogP contribution in [0.1, 0.15) is 0 Å². The highest BCUT2D eigenvalue weighted by molar-refractivity contribution is 5.81. The maximum atomic E-state index is 6.43. The second-order valence-electron chi connectivity index (χ2n) is 5.64. The Morgan fingerprint density at radius 3 is 1.64 bits per heavy atom. The molecular formula is C18H13N7. The average molecular weight is 327 g/mol. The van der Waals surface area contributed by atoms with Gasteiger partial charge in [0, 0.05) is 0 Å². The molecule has 2 N–H and O–H groups in total. The van der Waals surface area contributed by atoms with Gasteiger partial charge in [0.2, 0.25) is 0 Å². The molecule has 0 unspecified atom stereocenters. The van der Waals surface area contributed by atoms with E-state index < -0.39 is 0 Å². The summed E-state index contributed by atoms with van der Waals surface area (Å²) in [5.74, 6) is 1.19. The SMILES string of the molecule is Nc1c(-n2cnc3ccccc32)ncnc1-n1cnc2ccccc21. The quantitative estimate of drug-likeness (QED) is 0.538. The van der Waals surface area contributed by atoms with E-state index in [1.165, 1.54) is 6.33 Å². The third-order valence-electron chi connectivity index (χ3n) is 4.21. The molecule has 0 aliphatic heterocycles. The lowest BCUT2D eigenvalue weighted by Gasteiger charge is -2.11. The van der Waals surface area contributed by atoms with Crippen LogP contribution in [0.3, 0.4) is 0 Å². The number of nitrogens with two attached hydrogens (primary N) is 1. The van der Waals surface area contributed by atoms with Crippen LogP contribution in [0.4, 0.5) is 5.69 Å². The molecular weight excluding hydrogens is 314 g/mol. The van der Waals surface area contributed by atoms with Gasteiger partial charge in [-0.3, -0.25) is 9.13 Å². The molecule has 0 aliphatic carbocycles. The number of para-hydroxylation sites is 4. The highest BCUT2D eigenvalue weighted by Gasteiger charge is 2.15. The predicted octanol–water partition coefficient (Wildman–Crippen LogP) is 2.74. The summed E-state index contributed by atoms with van der Waals surface area (Å²) in [6, 6.07) is 15.7. The first-order chi connectivity index (χ1) is 12.3. The molecule has 3 aromatic heterocycles. The lowest BCUT2D eigenvalue weighted by molar-refractivity contribution is 0.952. The van der Waals surface area contributed by atoms with Crippen LogP contribution in [0.25, 0.3) is 33.7 Å². The smallest absolute Gasteiger partial charge is 0.167 e. The fraction of sp³-hybridized carbons (Fsp3) is 0. The van der Waals surface area contributed by atoms with Gasteiger partial charge in [0.25, 0.3) is 0 Å². The van der Waals surface area contributed by atoms with Crippen molar-refractivity contribution in [3.63, 3.8) is 0 Å². The second kappa shape index (κ2) is 5.13. The molecule has 0 fully saturated rings. The fourth-order valence-electron chi connectivity index (χ4n) is 3.02. The average Bonchev–Trinajstić information content (AvgIpc) is 3.26. The van der Waals surface area contributed by atoms with Gasteiger partial charge >= 0.3 is 0 Å². The summed E-state index contributed by atoms with van der Waals surface area (Å²) in [6.07, 6.45) is 4.95. The van der Waals surface area contributed by atoms with Crippen LogP contribution in [0, 0.1) is 0 Å². The first-order valence-electron chi connectivity index (χ1n) is 7.78. The fourth-order valence-corrected chi connectivity index (χ4v) is 3.02. The van der Waals surface area contributed by atoms with Gasteiger partial charge in [0.05, 0.1) is 22.1 Å². The Morgan fingerprint density at radius 1 is 0.640 bits per heavy atom. The van der Waals surface area contributed by atoms with Crippen molar-refractivity contribution in [1.29, 1.82) is 0 Å². The Labute approximate surface area is 142 Å². The lowest BCUT2D eigenvalue weighted by Crippen LogP contribution is -2.08. The van der Waals surface area contributed by atoms with Gasteiger partial charge in [-0.25, -0.2) is 19.9 Å². The zero-order valence-corrected chi connectivity index (χ0v) is 13.1. The molecule has 0 aliphatic rings. The second-order valence-corrected chi connectivity index (χ2v) is 5.64. The van der Waals surface area contributed by atoms with Crippen molar-refractivity contribution < 1.29 is 0 Å². The minimum atomic E-state index is 0.466. The van der Waals surface area contributed by atoms with E-state index >= 15 is 0 Å². The summed E-state index contributed by atoms with van der Waals surface area (Å²) in [7, 11) is 0. The Morgan fingerprint density at radius 2 is 1.12 bits per heavy atom. The van der Waals surface area contributed by atoms with E-state index in [2.05, 4.69) is 19.9 Å². The Bertz CT molecular complexity index is 1130. The highest BCUT2D eigenvalue weighted by Crippen LogP contribution is 2.26. The Balaban J connectivity index is 1.75. The predicted molar refractivity (Wildman–Crippen MR) is 95.7 cm³/mol. The molecule has 0 saturated carbocycles. The molecule has 0 amide bonds. The molecule has 7 nitrogen and oxygen atoms in total. The summed E-state index contributed by atoms with van der Waals surface area (Å²) in [5.41, 5.74) is 10.5. The highest BCUT2D eigenvalue weighted by atomic mass is 15.2. The number of nitrogens with zero attached hydrogens (tertiary/aromatic N) is 6. The first-order valence-corrected chi connectivity index (χ1v) is 7.78. The van der Waals surface area contributed by atoms with Crippen LogP contribution in [-0.4, -0.2) is 29.1 Å². The van der Waals surface area contributed by atoms with Crippen molar-refractivity contribution >= 4 is 27.8 Å². The third kappa shape index (κ3) is 1.99. The number of benzene rings is 2.